The fourth-order valence-corrected chi connectivity index (χ4v) is 3.22. The van der Waals surface area contributed by atoms with Crippen molar-refractivity contribution in [3.63, 3.8) is 0 Å². The second kappa shape index (κ2) is 8.16. The second-order valence-corrected chi connectivity index (χ2v) is 6.75. The van der Waals surface area contributed by atoms with Gasteiger partial charge in [-0.3, -0.25) is 19.5 Å². The molecule has 2 aromatic carbocycles. The quantitative estimate of drug-likeness (QED) is 0.265. The summed E-state index contributed by atoms with van der Waals surface area (Å²) in [7, 11) is 0. The number of nitro benzene ring substituents is 1. The zero-order valence-electron chi connectivity index (χ0n) is 16.3. The van der Waals surface area contributed by atoms with Crippen LogP contribution in [0, 0.1) is 17.0 Å². The molecule has 0 fully saturated rings. The van der Waals surface area contributed by atoms with Crippen LogP contribution in [0.1, 0.15) is 12.0 Å². The number of aryl methyl sites for hydroxylation is 2. The normalized spacial score (nSPS) is 11.0. The van der Waals surface area contributed by atoms with Crippen molar-refractivity contribution in [1.29, 1.82) is 0 Å². The van der Waals surface area contributed by atoms with Crippen LogP contribution in [0.4, 0.5) is 5.69 Å². The molecule has 0 radical (unpaired) electrons. The maximum absolute atomic E-state index is 12.8. The minimum atomic E-state index is -0.488. The Kier molecular flexibility index (Phi) is 5.25. The molecule has 152 valence electrons. The number of hydrogen-bond donors (Lipinski definition) is 0. The molecule has 0 spiro atoms. The molecule has 0 atom stereocenters. The van der Waals surface area contributed by atoms with Crippen molar-refractivity contribution in [1.82, 2.24) is 19.3 Å². The predicted octanol–water partition coefficient (Wildman–Crippen LogP) is 3.27. The Balaban J connectivity index is 1.54. The van der Waals surface area contributed by atoms with Gasteiger partial charge in [-0.05, 0) is 31.0 Å². The summed E-state index contributed by atoms with van der Waals surface area (Å²) >= 11 is 0. The van der Waals surface area contributed by atoms with E-state index >= 15 is 0 Å². The zero-order chi connectivity index (χ0) is 21.1. The van der Waals surface area contributed by atoms with Crippen molar-refractivity contribution in [2.24, 2.45) is 0 Å². The van der Waals surface area contributed by atoms with Gasteiger partial charge < -0.3 is 4.74 Å². The van der Waals surface area contributed by atoms with Gasteiger partial charge in [0.05, 0.1) is 24.1 Å². The van der Waals surface area contributed by atoms with Gasteiger partial charge in [-0.25, -0.2) is 9.67 Å². The van der Waals surface area contributed by atoms with Crippen LogP contribution in [0.3, 0.4) is 0 Å². The highest BCUT2D eigenvalue weighted by Gasteiger charge is 2.19. The fourth-order valence-electron chi connectivity index (χ4n) is 3.22. The largest absolute Gasteiger partial charge is 0.493 e. The summed E-state index contributed by atoms with van der Waals surface area (Å²) < 4.78 is 8.58. The molecule has 0 saturated carbocycles. The summed E-state index contributed by atoms with van der Waals surface area (Å²) in [6.45, 7) is 2.88. The molecule has 0 N–H and O–H groups in total. The molecular formula is C21H19N5O4. The van der Waals surface area contributed by atoms with Gasteiger partial charge in [-0.15, -0.1) is 0 Å². The number of ether oxygens (including phenoxy) is 1. The monoisotopic (exact) mass is 405 g/mol. The predicted molar refractivity (Wildman–Crippen MR) is 111 cm³/mol. The molecule has 2 aromatic heterocycles. The lowest BCUT2D eigenvalue weighted by Gasteiger charge is -2.10. The molecule has 9 nitrogen and oxygen atoms in total. The molecule has 0 saturated heterocycles. The van der Waals surface area contributed by atoms with Crippen LogP contribution in [0.5, 0.6) is 5.75 Å². The molecular weight excluding hydrogens is 386 g/mol. The summed E-state index contributed by atoms with van der Waals surface area (Å²) in [5, 5.41) is 15.8. The van der Waals surface area contributed by atoms with E-state index in [4.69, 9.17) is 4.74 Å². The van der Waals surface area contributed by atoms with Crippen LogP contribution in [-0.2, 0) is 6.54 Å². The third kappa shape index (κ3) is 3.64. The van der Waals surface area contributed by atoms with Crippen LogP contribution in [0.15, 0.2) is 65.8 Å². The first-order chi connectivity index (χ1) is 14.6. The van der Waals surface area contributed by atoms with Gasteiger partial charge in [0, 0.05) is 12.6 Å². The van der Waals surface area contributed by atoms with Crippen molar-refractivity contribution in [2.45, 2.75) is 19.9 Å². The summed E-state index contributed by atoms with van der Waals surface area (Å²) in [5.74, 6) is 0.823. The zero-order valence-corrected chi connectivity index (χ0v) is 16.3. The van der Waals surface area contributed by atoms with E-state index in [-0.39, 0.29) is 22.6 Å². The standard InChI is InChI=1S/C21H19N5O4/c1-15-7-2-5-10-19(15)30-12-6-11-24-14-22-20-16(21(24)27)13-23-25(20)17-8-3-4-9-18(17)26(28)29/h2-5,7-10,13-14H,6,11-12H2,1H3. The second-order valence-electron chi connectivity index (χ2n) is 6.75. The lowest BCUT2D eigenvalue weighted by atomic mass is 10.2. The highest BCUT2D eigenvalue weighted by molar-refractivity contribution is 5.76. The minimum Gasteiger partial charge on any atom is -0.493 e. The Bertz CT molecular complexity index is 1280. The maximum Gasteiger partial charge on any atom is 0.294 e. The molecule has 0 aliphatic carbocycles. The van der Waals surface area contributed by atoms with Gasteiger partial charge in [0.15, 0.2) is 5.65 Å². The number of nitro groups is 1. The number of benzene rings is 2. The summed E-state index contributed by atoms with van der Waals surface area (Å²) in [5.41, 5.74) is 1.23. The van der Waals surface area contributed by atoms with E-state index in [0.717, 1.165) is 11.3 Å². The highest BCUT2D eigenvalue weighted by atomic mass is 16.6. The third-order valence-corrected chi connectivity index (χ3v) is 4.76. The molecule has 0 aliphatic rings. The van der Waals surface area contributed by atoms with Gasteiger partial charge in [-0.1, -0.05) is 30.3 Å². The van der Waals surface area contributed by atoms with Crippen LogP contribution in [0.2, 0.25) is 0 Å². The third-order valence-electron chi connectivity index (χ3n) is 4.76. The van der Waals surface area contributed by atoms with Gasteiger partial charge in [-0.2, -0.15) is 5.10 Å². The molecule has 0 aliphatic heterocycles. The van der Waals surface area contributed by atoms with E-state index in [9.17, 15) is 14.9 Å². The van der Waals surface area contributed by atoms with Crippen LogP contribution < -0.4 is 10.3 Å². The first-order valence-corrected chi connectivity index (χ1v) is 9.41. The fraction of sp³-hybridized carbons (Fsp3) is 0.190. The Morgan fingerprint density at radius 2 is 1.90 bits per heavy atom. The van der Waals surface area contributed by atoms with E-state index in [1.165, 1.54) is 27.8 Å². The SMILES string of the molecule is Cc1ccccc1OCCCn1cnc2c(cnn2-c2ccccc2[N+](=O)[O-])c1=O. The molecule has 4 rings (SSSR count). The average Bonchev–Trinajstić information content (AvgIpc) is 3.18. The van der Waals surface area contributed by atoms with Gasteiger partial charge >= 0.3 is 0 Å². The molecule has 9 heteroatoms. The highest BCUT2D eigenvalue weighted by Crippen LogP contribution is 2.24. The Morgan fingerprint density at radius 1 is 1.13 bits per heavy atom. The van der Waals surface area contributed by atoms with Crippen LogP contribution in [-0.4, -0.2) is 30.9 Å². The van der Waals surface area contributed by atoms with Gasteiger partial charge in [0.1, 0.15) is 16.8 Å². The Labute approximate surface area is 171 Å². The van der Waals surface area contributed by atoms with E-state index in [2.05, 4.69) is 10.1 Å². The van der Waals surface area contributed by atoms with E-state index in [1.807, 2.05) is 31.2 Å². The van der Waals surface area contributed by atoms with E-state index in [0.29, 0.717) is 25.0 Å². The average molecular weight is 405 g/mol. The Morgan fingerprint density at radius 3 is 2.70 bits per heavy atom. The summed E-state index contributed by atoms with van der Waals surface area (Å²) in [6, 6.07) is 14.0. The number of hydrogen-bond acceptors (Lipinski definition) is 6. The van der Waals surface area contributed by atoms with Crippen molar-refractivity contribution in [3.05, 3.63) is 87.1 Å². The van der Waals surface area contributed by atoms with Crippen molar-refractivity contribution >= 4 is 16.7 Å². The smallest absolute Gasteiger partial charge is 0.294 e. The maximum atomic E-state index is 12.8. The first-order valence-electron chi connectivity index (χ1n) is 9.41. The lowest BCUT2D eigenvalue weighted by molar-refractivity contribution is -0.384. The molecule has 4 aromatic rings. The molecule has 0 amide bonds. The van der Waals surface area contributed by atoms with Gasteiger partial charge in [0.2, 0.25) is 0 Å². The number of rotatable bonds is 7. The van der Waals surface area contributed by atoms with Crippen molar-refractivity contribution in [2.75, 3.05) is 6.61 Å². The number of aromatic nitrogens is 4. The van der Waals surface area contributed by atoms with Crippen LogP contribution >= 0.6 is 0 Å². The molecule has 30 heavy (non-hydrogen) atoms. The summed E-state index contributed by atoms with van der Waals surface area (Å²) in [6.07, 6.45) is 3.45. The van der Waals surface area contributed by atoms with E-state index < -0.39 is 4.92 Å². The topological polar surface area (TPSA) is 105 Å². The number of nitrogens with zero attached hydrogens (tertiary/aromatic N) is 5. The Hall–Kier alpha value is -4.01. The van der Waals surface area contributed by atoms with Crippen molar-refractivity contribution < 1.29 is 9.66 Å². The van der Waals surface area contributed by atoms with Crippen molar-refractivity contribution in [3.8, 4) is 11.4 Å². The number of para-hydroxylation sites is 3. The molecule has 2 heterocycles. The number of fused-ring (bicyclic) bond motifs is 1. The summed E-state index contributed by atoms with van der Waals surface area (Å²) in [4.78, 5) is 28.0. The first kappa shape index (κ1) is 19.3. The van der Waals surface area contributed by atoms with Gasteiger partial charge in [0.25, 0.3) is 11.2 Å². The minimum absolute atomic E-state index is 0.109. The van der Waals surface area contributed by atoms with E-state index in [1.54, 1.807) is 18.2 Å². The molecule has 0 unspecified atom stereocenters. The molecule has 0 bridgehead atoms. The van der Waals surface area contributed by atoms with Crippen LogP contribution in [0.25, 0.3) is 16.7 Å². The lowest BCUT2D eigenvalue weighted by Crippen LogP contribution is -2.21.